The van der Waals surface area contributed by atoms with Crippen LogP contribution in [0.2, 0.25) is 0 Å². The highest BCUT2D eigenvalue weighted by Gasteiger charge is 2.26. The third kappa shape index (κ3) is 3.79. The molecule has 1 aromatic rings. The van der Waals surface area contributed by atoms with Gasteiger partial charge in [0, 0.05) is 19.5 Å². The molecular weight excluding hydrogens is 256 g/mol. The number of piperidine rings is 1. The Morgan fingerprint density at radius 1 is 1.60 bits per heavy atom. The first-order valence-electron chi connectivity index (χ1n) is 7.41. The van der Waals surface area contributed by atoms with E-state index in [0.717, 1.165) is 44.8 Å². The molecule has 1 fully saturated rings. The fourth-order valence-electron chi connectivity index (χ4n) is 3.02. The maximum absolute atomic E-state index is 10.8. The van der Waals surface area contributed by atoms with Crippen molar-refractivity contribution in [3.63, 3.8) is 0 Å². The van der Waals surface area contributed by atoms with Crippen LogP contribution in [-0.4, -0.2) is 43.8 Å². The molecular formula is C14H24N4O2. The summed E-state index contributed by atoms with van der Waals surface area (Å²) in [4.78, 5) is 17.5. The predicted molar refractivity (Wildman–Crippen MR) is 75.1 cm³/mol. The minimum absolute atomic E-state index is 0.236. The molecule has 0 aliphatic carbocycles. The maximum atomic E-state index is 10.8. The lowest BCUT2D eigenvalue weighted by Gasteiger charge is -2.35. The van der Waals surface area contributed by atoms with E-state index in [0.29, 0.717) is 5.92 Å². The third-order valence-corrected chi connectivity index (χ3v) is 4.20. The summed E-state index contributed by atoms with van der Waals surface area (Å²) in [5.74, 6) is 1.01. The Bertz CT molecular complexity index is 446. The van der Waals surface area contributed by atoms with Crippen molar-refractivity contribution in [2.75, 3.05) is 13.1 Å². The lowest BCUT2D eigenvalue weighted by molar-refractivity contribution is -0.138. The quantitative estimate of drug-likeness (QED) is 0.857. The van der Waals surface area contributed by atoms with Crippen LogP contribution in [0.4, 0.5) is 0 Å². The molecule has 20 heavy (non-hydrogen) atoms. The van der Waals surface area contributed by atoms with Gasteiger partial charge in [0.1, 0.15) is 12.2 Å². The summed E-state index contributed by atoms with van der Waals surface area (Å²) < 4.78 is 1.92. The van der Waals surface area contributed by atoms with Crippen LogP contribution in [0.15, 0.2) is 6.33 Å². The Morgan fingerprint density at radius 2 is 2.40 bits per heavy atom. The predicted octanol–water partition coefficient (Wildman–Crippen LogP) is 1.62. The Kier molecular flexibility index (Phi) is 5.11. The summed E-state index contributed by atoms with van der Waals surface area (Å²) in [5.41, 5.74) is 0. The normalized spacial score (nSPS) is 21.8. The van der Waals surface area contributed by atoms with E-state index in [2.05, 4.69) is 28.8 Å². The van der Waals surface area contributed by atoms with Gasteiger partial charge in [0.25, 0.3) is 0 Å². The molecule has 0 spiro atoms. The molecule has 112 valence electrons. The molecule has 2 heterocycles. The fraction of sp³-hybridized carbons (Fsp3) is 0.786. The molecule has 1 saturated heterocycles. The number of carboxylic acid groups (broad SMARTS) is 1. The minimum Gasteiger partial charge on any atom is -0.481 e. The molecule has 0 amide bonds. The van der Waals surface area contributed by atoms with E-state index in [9.17, 15) is 4.79 Å². The number of aromatic nitrogens is 3. The summed E-state index contributed by atoms with van der Waals surface area (Å²) in [6.45, 7) is 7.78. The second-order valence-corrected chi connectivity index (χ2v) is 5.70. The van der Waals surface area contributed by atoms with E-state index < -0.39 is 5.97 Å². The van der Waals surface area contributed by atoms with Gasteiger partial charge in [-0.3, -0.25) is 9.69 Å². The molecule has 6 heteroatoms. The smallest absolute Gasteiger partial charge is 0.303 e. The van der Waals surface area contributed by atoms with E-state index in [1.807, 2.05) is 4.68 Å². The van der Waals surface area contributed by atoms with Crippen LogP contribution in [0, 0.1) is 11.8 Å². The Labute approximate surface area is 119 Å². The van der Waals surface area contributed by atoms with Gasteiger partial charge in [0.05, 0.1) is 6.54 Å². The zero-order valence-electron chi connectivity index (χ0n) is 12.3. The van der Waals surface area contributed by atoms with Gasteiger partial charge in [-0.05, 0) is 38.1 Å². The van der Waals surface area contributed by atoms with Crippen molar-refractivity contribution in [3.05, 3.63) is 12.2 Å². The van der Waals surface area contributed by atoms with Crippen LogP contribution in [-0.2, 0) is 17.9 Å². The molecule has 1 aliphatic rings. The van der Waals surface area contributed by atoms with Gasteiger partial charge in [0.15, 0.2) is 0 Å². The van der Waals surface area contributed by atoms with Crippen LogP contribution >= 0.6 is 0 Å². The number of likely N-dealkylation sites (tertiary alicyclic amines) is 1. The van der Waals surface area contributed by atoms with Crippen molar-refractivity contribution >= 4 is 5.97 Å². The minimum atomic E-state index is -0.694. The lowest BCUT2D eigenvalue weighted by Crippen LogP contribution is -2.38. The molecule has 0 radical (unpaired) electrons. The number of carboxylic acids is 1. The molecule has 0 saturated carbocycles. The molecule has 2 rings (SSSR count). The number of carbonyl (C=O) groups is 1. The monoisotopic (exact) mass is 280 g/mol. The van der Waals surface area contributed by atoms with Crippen molar-refractivity contribution in [1.82, 2.24) is 19.7 Å². The van der Waals surface area contributed by atoms with Crippen molar-refractivity contribution in [2.45, 2.75) is 46.2 Å². The SMILES string of the molecule is CCn1ncnc1CN1CCCC(C(C)CC(=O)O)C1. The van der Waals surface area contributed by atoms with E-state index in [4.69, 9.17) is 5.11 Å². The van der Waals surface area contributed by atoms with E-state index in [1.54, 1.807) is 6.33 Å². The summed E-state index contributed by atoms with van der Waals surface area (Å²) >= 11 is 0. The number of rotatable bonds is 6. The van der Waals surface area contributed by atoms with Gasteiger partial charge in [-0.1, -0.05) is 6.92 Å². The van der Waals surface area contributed by atoms with E-state index in [-0.39, 0.29) is 12.3 Å². The number of hydrogen-bond acceptors (Lipinski definition) is 4. The standard InChI is InChI=1S/C14H24N4O2/c1-3-18-13(15-10-16-18)9-17-6-4-5-12(8-17)11(2)7-14(19)20/h10-12H,3-9H2,1-2H3,(H,19,20). The van der Waals surface area contributed by atoms with Gasteiger partial charge >= 0.3 is 5.97 Å². The highest BCUT2D eigenvalue weighted by molar-refractivity contribution is 5.67. The molecule has 0 aromatic carbocycles. The summed E-state index contributed by atoms with van der Waals surface area (Å²) in [5, 5.41) is 13.1. The van der Waals surface area contributed by atoms with Crippen molar-refractivity contribution in [2.24, 2.45) is 11.8 Å². The first kappa shape index (κ1) is 15.0. The highest BCUT2D eigenvalue weighted by Crippen LogP contribution is 2.26. The third-order valence-electron chi connectivity index (χ3n) is 4.20. The molecule has 6 nitrogen and oxygen atoms in total. The van der Waals surface area contributed by atoms with Crippen molar-refractivity contribution in [1.29, 1.82) is 0 Å². The molecule has 1 N–H and O–H groups in total. The molecule has 1 aliphatic heterocycles. The number of aryl methyl sites for hydroxylation is 1. The largest absolute Gasteiger partial charge is 0.481 e. The van der Waals surface area contributed by atoms with Crippen molar-refractivity contribution < 1.29 is 9.90 Å². The highest BCUT2D eigenvalue weighted by atomic mass is 16.4. The second kappa shape index (κ2) is 6.83. The molecule has 0 bridgehead atoms. The topological polar surface area (TPSA) is 71.2 Å². The number of nitrogens with zero attached hydrogens (tertiary/aromatic N) is 4. The van der Waals surface area contributed by atoms with Gasteiger partial charge in [-0.15, -0.1) is 0 Å². The number of hydrogen-bond donors (Lipinski definition) is 1. The average molecular weight is 280 g/mol. The van der Waals surface area contributed by atoms with Gasteiger partial charge < -0.3 is 5.11 Å². The van der Waals surface area contributed by atoms with Crippen LogP contribution in [0.5, 0.6) is 0 Å². The Morgan fingerprint density at radius 3 is 3.10 bits per heavy atom. The van der Waals surface area contributed by atoms with Gasteiger partial charge in [-0.2, -0.15) is 5.10 Å². The molecule has 2 unspecified atom stereocenters. The first-order chi connectivity index (χ1) is 9.60. The zero-order valence-corrected chi connectivity index (χ0v) is 12.3. The Balaban J connectivity index is 1.91. The second-order valence-electron chi connectivity index (χ2n) is 5.70. The van der Waals surface area contributed by atoms with E-state index in [1.165, 1.54) is 0 Å². The van der Waals surface area contributed by atoms with Crippen molar-refractivity contribution in [3.8, 4) is 0 Å². The van der Waals surface area contributed by atoms with Gasteiger partial charge in [-0.25, -0.2) is 9.67 Å². The van der Waals surface area contributed by atoms with Crippen LogP contribution < -0.4 is 0 Å². The molecule has 2 atom stereocenters. The Hall–Kier alpha value is -1.43. The summed E-state index contributed by atoms with van der Waals surface area (Å²) in [6.07, 6.45) is 4.14. The van der Waals surface area contributed by atoms with Gasteiger partial charge in [0.2, 0.25) is 0 Å². The lowest BCUT2D eigenvalue weighted by atomic mass is 9.84. The van der Waals surface area contributed by atoms with Crippen LogP contribution in [0.3, 0.4) is 0 Å². The molecule has 1 aromatic heterocycles. The zero-order chi connectivity index (χ0) is 14.5. The maximum Gasteiger partial charge on any atom is 0.303 e. The van der Waals surface area contributed by atoms with Crippen LogP contribution in [0.25, 0.3) is 0 Å². The summed E-state index contributed by atoms with van der Waals surface area (Å²) in [7, 11) is 0. The van der Waals surface area contributed by atoms with E-state index >= 15 is 0 Å². The first-order valence-corrected chi connectivity index (χ1v) is 7.41. The fourth-order valence-corrected chi connectivity index (χ4v) is 3.02. The average Bonchev–Trinajstić information content (AvgIpc) is 2.85. The summed E-state index contributed by atoms with van der Waals surface area (Å²) in [6, 6.07) is 0. The number of aliphatic carboxylic acids is 1. The van der Waals surface area contributed by atoms with Crippen LogP contribution in [0.1, 0.15) is 38.9 Å².